The van der Waals surface area contributed by atoms with Crippen LogP contribution in [0.2, 0.25) is 0 Å². The predicted molar refractivity (Wildman–Crippen MR) is 80.0 cm³/mol. The highest BCUT2D eigenvalue weighted by atomic mass is 127. The highest BCUT2D eigenvalue weighted by Crippen LogP contribution is 2.18. The molecule has 1 aliphatic rings. The molecule has 0 spiro atoms. The fraction of sp³-hybridized carbons (Fsp3) is 0.500. The zero-order valence-corrected chi connectivity index (χ0v) is 13.0. The van der Waals surface area contributed by atoms with E-state index in [0.717, 1.165) is 16.5 Å². The van der Waals surface area contributed by atoms with E-state index in [2.05, 4.69) is 32.6 Å². The molecule has 1 saturated carbocycles. The molecule has 100 valence electrons. The SMILES string of the molecule is O=S(=O)(NCCCNC1CC1)c1ccc(I)cc1. The quantitative estimate of drug-likeness (QED) is 0.560. The molecule has 0 heterocycles. The highest BCUT2D eigenvalue weighted by molar-refractivity contribution is 14.1. The molecule has 0 unspecified atom stereocenters. The molecule has 1 aromatic carbocycles. The molecule has 0 radical (unpaired) electrons. The molecule has 2 N–H and O–H groups in total. The van der Waals surface area contributed by atoms with Crippen LogP contribution < -0.4 is 10.0 Å². The first-order chi connectivity index (χ1) is 8.58. The Hall–Kier alpha value is -0.180. The zero-order valence-electron chi connectivity index (χ0n) is 10.0. The van der Waals surface area contributed by atoms with E-state index in [1.54, 1.807) is 24.3 Å². The Morgan fingerprint density at radius 1 is 1.17 bits per heavy atom. The van der Waals surface area contributed by atoms with Crippen molar-refractivity contribution in [1.82, 2.24) is 10.0 Å². The molecule has 6 heteroatoms. The van der Waals surface area contributed by atoms with Crippen LogP contribution in [0.3, 0.4) is 0 Å². The monoisotopic (exact) mass is 380 g/mol. The van der Waals surface area contributed by atoms with Gasteiger partial charge in [0.1, 0.15) is 0 Å². The Morgan fingerprint density at radius 3 is 2.44 bits per heavy atom. The molecule has 4 nitrogen and oxygen atoms in total. The Bertz CT molecular complexity index is 483. The van der Waals surface area contributed by atoms with Gasteiger partial charge in [-0.15, -0.1) is 0 Å². The van der Waals surface area contributed by atoms with E-state index < -0.39 is 10.0 Å². The standard InChI is InChI=1S/C12H17IN2O2S/c13-10-2-6-12(7-3-10)18(16,17)15-9-1-8-14-11-4-5-11/h2-3,6-7,11,14-15H,1,4-5,8-9H2. The predicted octanol–water partition coefficient (Wildman–Crippen LogP) is 1.71. The van der Waals surface area contributed by atoms with Crippen molar-refractivity contribution in [3.8, 4) is 0 Å². The summed E-state index contributed by atoms with van der Waals surface area (Å²) in [5.74, 6) is 0. The van der Waals surface area contributed by atoms with Gasteiger partial charge in [-0.05, 0) is 72.7 Å². The molecule has 1 aromatic rings. The number of hydrogen-bond acceptors (Lipinski definition) is 3. The zero-order chi connectivity index (χ0) is 13.0. The van der Waals surface area contributed by atoms with Crippen molar-refractivity contribution in [2.24, 2.45) is 0 Å². The summed E-state index contributed by atoms with van der Waals surface area (Å²) >= 11 is 2.15. The van der Waals surface area contributed by atoms with Crippen LogP contribution in [-0.2, 0) is 10.0 Å². The number of rotatable bonds is 7. The van der Waals surface area contributed by atoms with Crippen LogP contribution >= 0.6 is 22.6 Å². The minimum atomic E-state index is -3.34. The second-order valence-corrected chi connectivity index (χ2v) is 7.45. The van der Waals surface area contributed by atoms with Gasteiger partial charge in [0.25, 0.3) is 0 Å². The summed E-state index contributed by atoms with van der Waals surface area (Å²) in [4.78, 5) is 0.332. The summed E-state index contributed by atoms with van der Waals surface area (Å²) in [6.45, 7) is 1.36. The highest BCUT2D eigenvalue weighted by Gasteiger charge is 2.19. The fourth-order valence-corrected chi connectivity index (χ4v) is 3.02. The average molecular weight is 380 g/mol. The lowest BCUT2D eigenvalue weighted by Gasteiger charge is -2.07. The molecule has 1 fully saturated rings. The van der Waals surface area contributed by atoms with Crippen LogP contribution in [-0.4, -0.2) is 27.5 Å². The fourth-order valence-electron chi connectivity index (χ4n) is 1.59. The molecule has 0 saturated heterocycles. The van der Waals surface area contributed by atoms with Crippen molar-refractivity contribution in [1.29, 1.82) is 0 Å². The van der Waals surface area contributed by atoms with E-state index in [9.17, 15) is 8.42 Å². The third-order valence-corrected chi connectivity index (χ3v) is 4.98. The number of benzene rings is 1. The lowest BCUT2D eigenvalue weighted by atomic mass is 10.4. The first-order valence-corrected chi connectivity index (χ1v) is 8.63. The Labute approximate surface area is 122 Å². The minimum absolute atomic E-state index is 0.332. The third kappa shape index (κ3) is 4.49. The first-order valence-electron chi connectivity index (χ1n) is 6.06. The number of nitrogens with one attached hydrogen (secondary N) is 2. The van der Waals surface area contributed by atoms with Gasteiger partial charge in [-0.2, -0.15) is 0 Å². The molecule has 2 rings (SSSR count). The summed E-state index contributed by atoms with van der Waals surface area (Å²) in [5.41, 5.74) is 0. The van der Waals surface area contributed by atoms with Gasteiger partial charge < -0.3 is 5.32 Å². The Balaban J connectivity index is 1.77. The molecule has 0 aliphatic heterocycles. The number of sulfonamides is 1. The van der Waals surface area contributed by atoms with Crippen LogP contribution in [0.15, 0.2) is 29.2 Å². The van der Waals surface area contributed by atoms with Gasteiger partial charge in [0.05, 0.1) is 4.90 Å². The Morgan fingerprint density at radius 2 is 1.83 bits per heavy atom. The van der Waals surface area contributed by atoms with Crippen LogP contribution in [0.25, 0.3) is 0 Å². The number of hydrogen-bond donors (Lipinski definition) is 2. The van der Waals surface area contributed by atoms with Crippen molar-refractivity contribution < 1.29 is 8.42 Å². The summed E-state index contributed by atoms with van der Waals surface area (Å²) in [5, 5.41) is 3.35. The maximum atomic E-state index is 11.9. The van der Waals surface area contributed by atoms with Crippen molar-refractivity contribution in [3.05, 3.63) is 27.8 Å². The normalized spacial score (nSPS) is 15.8. The number of halogens is 1. The van der Waals surface area contributed by atoms with E-state index in [1.165, 1.54) is 12.8 Å². The summed E-state index contributed by atoms with van der Waals surface area (Å²) in [7, 11) is -3.34. The molecule has 18 heavy (non-hydrogen) atoms. The second-order valence-electron chi connectivity index (χ2n) is 4.43. The smallest absolute Gasteiger partial charge is 0.240 e. The van der Waals surface area contributed by atoms with Crippen LogP contribution in [0.5, 0.6) is 0 Å². The van der Waals surface area contributed by atoms with Crippen LogP contribution in [0, 0.1) is 3.57 Å². The van der Waals surface area contributed by atoms with E-state index >= 15 is 0 Å². The van der Waals surface area contributed by atoms with E-state index in [1.807, 2.05) is 0 Å². The van der Waals surface area contributed by atoms with Gasteiger partial charge >= 0.3 is 0 Å². The molecular formula is C12H17IN2O2S. The molecule has 0 aromatic heterocycles. The lowest BCUT2D eigenvalue weighted by molar-refractivity contribution is 0.573. The van der Waals surface area contributed by atoms with Crippen molar-refractivity contribution in [2.75, 3.05) is 13.1 Å². The topological polar surface area (TPSA) is 58.2 Å². The second kappa shape index (κ2) is 6.31. The van der Waals surface area contributed by atoms with E-state index in [-0.39, 0.29) is 0 Å². The van der Waals surface area contributed by atoms with Gasteiger partial charge in [0.2, 0.25) is 10.0 Å². The first kappa shape index (κ1) is 14.2. The van der Waals surface area contributed by atoms with Crippen molar-refractivity contribution in [2.45, 2.75) is 30.2 Å². The summed E-state index contributed by atoms with van der Waals surface area (Å²) < 4.78 is 27.5. The lowest BCUT2D eigenvalue weighted by Crippen LogP contribution is -2.28. The van der Waals surface area contributed by atoms with Crippen molar-refractivity contribution in [3.63, 3.8) is 0 Å². The van der Waals surface area contributed by atoms with E-state index in [0.29, 0.717) is 17.5 Å². The van der Waals surface area contributed by atoms with Crippen molar-refractivity contribution >= 4 is 32.6 Å². The largest absolute Gasteiger partial charge is 0.314 e. The minimum Gasteiger partial charge on any atom is -0.314 e. The Kier molecular flexibility index (Phi) is 4.99. The summed E-state index contributed by atoms with van der Waals surface area (Å²) in [6.07, 6.45) is 3.34. The maximum Gasteiger partial charge on any atom is 0.240 e. The van der Waals surface area contributed by atoms with Crippen LogP contribution in [0.4, 0.5) is 0 Å². The van der Waals surface area contributed by atoms with Gasteiger partial charge in [-0.25, -0.2) is 13.1 Å². The maximum absolute atomic E-state index is 11.9. The van der Waals surface area contributed by atoms with Crippen LogP contribution in [0.1, 0.15) is 19.3 Å². The van der Waals surface area contributed by atoms with E-state index in [4.69, 9.17) is 0 Å². The van der Waals surface area contributed by atoms with Gasteiger partial charge in [0, 0.05) is 16.2 Å². The van der Waals surface area contributed by atoms with Gasteiger partial charge in [-0.1, -0.05) is 0 Å². The summed E-state index contributed by atoms with van der Waals surface area (Å²) in [6, 6.07) is 7.53. The molecular weight excluding hydrogens is 363 g/mol. The molecule has 0 bridgehead atoms. The third-order valence-electron chi connectivity index (χ3n) is 2.78. The average Bonchev–Trinajstić information content (AvgIpc) is 3.13. The van der Waals surface area contributed by atoms with Gasteiger partial charge in [0.15, 0.2) is 0 Å². The molecule has 0 atom stereocenters. The van der Waals surface area contributed by atoms with Gasteiger partial charge in [-0.3, -0.25) is 0 Å². The molecule has 0 amide bonds. The molecule has 1 aliphatic carbocycles.